The third kappa shape index (κ3) is 3.72. The standard InChI is InChI=1S/C20H18Br2O4/c1-12(2)10-11-25-15-4-3-5-16-17(15)18(23)20(22,24)19(26-16)13-6-8-14(21)9-7-13/h3-9,19,24H,1,10-11H2,2H3. The third-order valence-corrected chi connectivity index (χ3v) is 5.39. The first-order valence-electron chi connectivity index (χ1n) is 8.09. The maximum atomic E-state index is 13.0. The summed E-state index contributed by atoms with van der Waals surface area (Å²) in [5, 5.41) is 10.9. The molecule has 2 aromatic carbocycles. The predicted molar refractivity (Wildman–Crippen MR) is 107 cm³/mol. The van der Waals surface area contributed by atoms with Gasteiger partial charge in [0.15, 0.2) is 6.10 Å². The van der Waals surface area contributed by atoms with Crippen molar-refractivity contribution < 1.29 is 19.4 Å². The molecule has 2 atom stereocenters. The van der Waals surface area contributed by atoms with Crippen LogP contribution < -0.4 is 9.47 Å². The number of carbonyl (C=O) groups is 1. The van der Waals surface area contributed by atoms with Crippen LogP contribution in [0.4, 0.5) is 0 Å². The summed E-state index contributed by atoms with van der Waals surface area (Å²) in [6.07, 6.45) is -0.194. The zero-order valence-electron chi connectivity index (χ0n) is 14.2. The van der Waals surface area contributed by atoms with E-state index in [1.807, 2.05) is 19.1 Å². The Morgan fingerprint density at radius 3 is 2.65 bits per heavy atom. The Hall–Kier alpha value is -1.63. The number of hydrogen-bond acceptors (Lipinski definition) is 4. The summed E-state index contributed by atoms with van der Waals surface area (Å²) in [6, 6.07) is 12.4. The monoisotopic (exact) mass is 480 g/mol. The van der Waals surface area contributed by atoms with E-state index in [0.29, 0.717) is 30.1 Å². The van der Waals surface area contributed by atoms with Gasteiger partial charge in [0.25, 0.3) is 0 Å². The second-order valence-electron chi connectivity index (χ2n) is 6.24. The highest BCUT2D eigenvalue weighted by atomic mass is 79.9. The SMILES string of the molecule is C=C(C)CCOc1cccc2c1C(=O)C(O)(Br)C(c1ccc(Br)cc1)O2. The highest BCUT2D eigenvalue weighted by molar-refractivity contribution is 9.10. The molecule has 3 rings (SSSR count). The van der Waals surface area contributed by atoms with Gasteiger partial charge in [0.2, 0.25) is 10.3 Å². The Kier molecular flexibility index (Phi) is 5.55. The van der Waals surface area contributed by atoms with Crippen LogP contribution in [0.5, 0.6) is 11.5 Å². The van der Waals surface area contributed by atoms with Crippen LogP contribution in [0.15, 0.2) is 59.1 Å². The summed E-state index contributed by atoms with van der Waals surface area (Å²) in [5.41, 5.74) is 1.91. The Bertz CT molecular complexity index is 843. The zero-order chi connectivity index (χ0) is 18.9. The first-order valence-corrected chi connectivity index (χ1v) is 9.67. The van der Waals surface area contributed by atoms with Gasteiger partial charge >= 0.3 is 0 Å². The van der Waals surface area contributed by atoms with Gasteiger partial charge in [-0.25, -0.2) is 0 Å². The molecule has 6 heteroatoms. The number of halogens is 2. The minimum atomic E-state index is -1.89. The molecule has 0 amide bonds. The van der Waals surface area contributed by atoms with Crippen molar-refractivity contribution in [3.8, 4) is 11.5 Å². The van der Waals surface area contributed by atoms with E-state index in [1.165, 1.54) is 0 Å². The Balaban J connectivity index is 1.96. The van der Waals surface area contributed by atoms with Crippen molar-refractivity contribution in [2.75, 3.05) is 6.61 Å². The number of aliphatic hydroxyl groups is 1. The first-order chi connectivity index (χ1) is 12.3. The summed E-state index contributed by atoms with van der Waals surface area (Å²) < 4.78 is 10.7. The summed E-state index contributed by atoms with van der Waals surface area (Å²) in [6.45, 7) is 6.15. The van der Waals surface area contributed by atoms with E-state index in [-0.39, 0.29) is 5.56 Å². The summed E-state index contributed by atoms with van der Waals surface area (Å²) >= 11 is 6.55. The first kappa shape index (κ1) is 19.1. The van der Waals surface area contributed by atoms with Crippen LogP contribution in [-0.2, 0) is 0 Å². The van der Waals surface area contributed by atoms with E-state index < -0.39 is 16.4 Å². The van der Waals surface area contributed by atoms with Crippen molar-refractivity contribution in [3.05, 3.63) is 70.2 Å². The van der Waals surface area contributed by atoms with E-state index in [2.05, 4.69) is 38.4 Å². The molecule has 2 unspecified atom stereocenters. The van der Waals surface area contributed by atoms with Crippen molar-refractivity contribution in [1.29, 1.82) is 0 Å². The lowest BCUT2D eigenvalue weighted by atomic mass is 9.93. The van der Waals surface area contributed by atoms with Crippen LogP contribution in [0, 0.1) is 0 Å². The van der Waals surface area contributed by atoms with Gasteiger partial charge < -0.3 is 14.6 Å². The molecule has 1 heterocycles. The van der Waals surface area contributed by atoms with E-state index in [0.717, 1.165) is 10.0 Å². The molecule has 0 aliphatic carbocycles. The molecule has 1 aliphatic heterocycles. The number of carbonyl (C=O) groups excluding carboxylic acids is 1. The summed E-state index contributed by atoms with van der Waals surface area (Å²) in [5.74, 6) is 0.290. The molecule has 136 valence electrons. The highest BCUT2D eigenvalue weighted by Crippen LogP contribution is 2.47. The molecule has 4 nitrogen and oxygen atoms in total. The fraction of sp³-hybridized carbons (Fsp3) is 0.250. The topological polar surface area (TPSA) is 55.8 Å². The minimum absolute atomic E-state index is 0.238. The Labute approximate surface area is 169 Å². The van der Waals surface area contributed by atoms with Crippen molar-refractivity contribution >= 4 is 37.6 Å². The zero-order valence-corrected chi connectivity index (χ0v) is 17.3. The van der Waals surface area contributed by atoms with Gasteiger partial charge in [0, 0.05) is 10.9 Å². The van der Waals surface area contributed by atoms with Gasteiger partial charge in [0.05, 0.1) is 6.61 Å². The van der Waals surface area contributed by atoms with E-state index >= 15 is 0 Å². The lowest BCUT2D eigenvalue weighted by molar-refractivity contribution is 0.00688. The van der Waals surface area contributed by atoms with Gasteiger partial charge in [-0.05, 0) is 52.7 Å². The van der Waals surface area contributed by atoms with Gasteiger partial charge in [0.1, 0.15) is 17.1 Å². The number of fused-ring (bicyclic) bond motifs is 1. The molecule has 2 aromatic rings. The number of ketones is 1. The maximum absolute atomic E-state index is 13.0. The molecule has 0 saturated heterocycles. The number of hydrogen-bond donors (Lipinski definition) is 1. The van der Waals surface area contributed by atoms with E-state index in [9.17, 15) is 9.90 Å². The van der Waals surface area contributed by atoms with Crippen LogP contribution in [-0.4, -0.2) is 22.0 Å². The minimum Gasteiger partial charge on any atom is -0.492 e. The Morgan fingerprint density at radius 2 is 2.00 bits per heavy atom. The second-order valence-corrected chi connectivity index (χ2v) is 8.36. The lowest BCUT2D eigenvalue weighted by Crippen LogP contribution is -2.45. The maximum Gasteiger partial charge on any atom is 0.224 e. The number of ether oxygens (including phenoxy) is 2. The fourth-order valence-corrected chi connectivity index (χ4v) is 3.53. The van der Waals surface area contributed by atoms with Gasteiger partial charge in [-0.2, -0.15) is 0 Å². The van der Waals surface area contributed by atoms with Crippen LogP contribution >= 0.6 is 31.9 Å². The molecule has 0 fully saturated rings. The van der Waals surface area contributed by atoms with E-state index in [1.54, 1.807) is 30.3 Å². The molecule has 0 saturated carbocycles. The average molecular weight is 482 g/mol. The molecule has 0 aromatic heterocycles. The second kappa shape index (κ2) is 7.55. The molecule has 1 N–H and O–H groups in total. The van der Waals surface area contributed by atoms with Gasteiger partial charge in [-0.3, -0.25) is 4.79 Å². The predicted octanol–water partition coefficient (Wildman–Crippen LogP) is 5.19. The largest absolute Gasteiger partial charge is 0.492 e. The number of alkyl halides is 1. The van der Waals surface area contributed by atoms with Crippen LogP contribution in [0.2, 0.25) is 0 Å². The number of rotatable bonds is 5. The number of Topliss-reactive ketones (excluding diaryl/α,β-unsaturated/α-hetero) is 1. The normalized spacial score (nSPS) is 21.7. The van der Waals surface area contributed by atoms with E-state index in [4.69, 9.17) is 9.47 Å². The molecule has 0 spiro atoms. The van der Waals surface area contributed by atoms with Crippen molar-refractivity contribution in [1.82, 2.24) is 0 Å². The average Bonchev–Trinajstić information content (AvgIpc) is 2.59. The van der Waals surface area contributed by atoms with Gasteiger partial charge in [-0.15, -0.1) is 6.58 Å². The molecule has 0 radical (unpaired) electrons. The molecule has 1 aliphatic rings. The van der Waals surface area contributed by atoms with Crippen molar-refractivity contribution in [2.45, 2.75) is 24.0 Å². The highest BCUT2D eigenvalue weighted by Gasteiger charge is 2.50. The Morgan fingerprint density at radius 1 is 1.31 bits per heavy atom. The summed E-state index contributed by atoms with van der Waals surface area (Å²) in [4.78, 5) is 13.0. The fourth-order valence-electron chi connectivity index (χ4n) is 2.71. The molecule has 0 bridgehead atoms. The molecular weight excluding hydrogens is 464 g/mol. The van der Waals surface area contributed by atoms with Crippen LogP contribution in [0.25, 0.3) is 0 Å². The van der Waals surface area contributed by atoms with Crippen LogP contribution in [0.3, 0.4) is 0 Å². The van der Waals surface area contributed by atoms with Crippen molar-refractivity contribution in [3.63, 3.8) is 0 Å². The lowest BCUT2D eigenvalue weighted by Gasteiger charge is -2.36. The van der Waals surface area contributed by atoms with Gasteiger partial charge in [-0.1, -0.05) is 39.7 Å². The number of benzene rings is 2. The quantitative estimate of drug-likeness (QED) is 0.471. The molecular formula is C20H18Br2O4. The smallest absolute Gasteiger partial charge is 0.224 e. The van der Waals surface area contributed by atoms with Crippen LogP contribution in [0.1, 0.15) is 35.4 Å². The van der Waals surface area contributed by atoms with Crippen molar-refractivity contribution in [2.24, 2.45) is 0 Å². The third-order valence-electron chi connectivity index (χ3n) is 4.08. The molecule has 26 heavy (non-hydrogen) atoms. The summed E-state index contributed by atoms with van der Waals surface area (Å²) in [7, 11) is 0.